The van der Waals surface area contributed by atoms with E-state index in [1.165, 1.54) is 24.3 Å². The maximum atomic E-state index is 12.6. The lowest BCUT2D eigenvalue weighted by Gasteiger charge is -2.15. The Hall–Kier alpha value is -3.00. The molecule has 0 saturated heterocycles. The minimum Gasteiger partial charge on any atom is -0.489 e. The van der Waals surface area contributed by atoms with Crippen molar-refractivity contribution in [2.45, 2.75) is 32.9 Å². The van der Waals surface area contributed by atoms with Crippen LogP contribution in [0, 0.1) is 0 Å². The average Bonchev–Trinajstić information content (AvgIpc) is 3.27. The van der Waals surface area contributed by atoms with Gasteiger partial charge in [0.1, 0.15) is 24.0 Å². The number of aromatic nitrogens is 1. The van der Waals surface area contributed by atoms with Crippen LogP contribution in [0.5, 0.6) is 5.75 Å². The molecular formula is C22H26FN3O3S. The van der Waals surface area contributed by atoms with Crippen molar-refractivity contribution in [2.24, 2.45) is 0 Å². The van der Waals surface area contributed by atoms with E-state index < -0.39 is 12.7 Å². The van der Waals surface area contributed by atoms with Gasteiger partial charge in [-0.3, -0.25) is 9.59 Å². The lowest BCUT2D eigenvalue weighted by Crippen LogP contribution is -2.39. The van der Waals surface area contributed by atoms with Gasteiger partial charge in [-0.2, -0.15) is 0 Å². The van der Waals surface area contributed by atoms with Gasteiger partial charge in [0.15, 0.2) is 6.04 Å². The highest BCUT2D eigenvalue weighted by molar-refractivity contribution is 7.09. The molecule has 0 bridgehead atoms. The molecular weight excluding hydrogens is 405 g/mol. The number of halogens is 1. The summed E-state index contributed by atoms with van der Waals surface area (Å²) in [6, 6.07) is 6.45. The van der Waals surface area contributed by atoms with Gasteiger partial charge in [-0.1, -0.05) is 31.2 Å². The van der Waals surface area contributed by atoms with Gasteiger partial charge in [0.2, 0.25) is 11.8 Å². The standard InChI is InChI=1S/C22H26FN3O3S/c1-3-4-5-18(10-11-23)15-29-19-8-6-17(7-9-19)14-25-21(28)20(26-16(2)27)22-24-12-13-30-22/h4-10,12-13,20H,3,11,14-15H2,1-2H3,(H,25,28)(H,26,27)/b5-4-,18-10+. The molecule has 2 aromatic rings. The first-order valence-electron chi connectivity index (χ1n) is 9.61. The molecule has 30 heavy (non-hydrogen) atoms. The number of rotatable bonds is 11. The highest BCUT2D eigenvalue weighted by atomic mass is 32.1. The van der Waals surface area contributed by atoms with Crippen molar-refractivity contribution < 1.29 is 18.7 Å². The Bertz CT molecular complexity index is 864. The highest BCUT2D eigenvalue weighted by Crippen LogP contribution is 2.17. The normalized spacial score (nSPS) is 12.6. The lowest BCUT2D eigenvalue weighted by atomic mass is 10.2. The summed E-state index contributed by atoms with van der Waals surface area (Å²) < 4.78 is 18.3. The zero-order valence-electron chi connectivity index (χ0n) is 17.1. The van der Waals surface area contributed by atoms with E-state index in [1.807, 2.05) is 31.2 Å². The van der Waals surface area contributed by atoms with Crippen LogP contribution in [-0.4, -0.2) is 30.1 Å². The lowest BCUT2D eigenvalue weighted by molar-refractivity contribution is -0.128. The number of benzene rings is 1. The van der Waals surface area contributed by atoms with Crippen molar-refractivity contribution in [2.75, 3.05) is 13.3 Å². The summed E-state index contributed by atoms with van der Waals surface area (Å²) in [5, 5.41) is 7.71. The number of thiazole rings is 1. The molecule has 160 valence electrons. The van der Waals surface area contributed by atoms with E-state index in [0.29, 0.717) is 17.3 Å². The molecule has 1 unspecified atom stereocenters. The molecule has 0 aliphatic heterocycles. The van der Waals surface area contributed by atoms with Crippen molar-refractivity contribution in [3.8, 4) is 5.75 Å². The Morgan fingerprint density at radius 1 is 1.30 bits per heavy atom. The molecule has 1 aromatic carbocycles. The smallest absolute Gasteiger partial charge is 0.250 e. The van der Waals surface area contributed by atoms with E-state index in [4.69, 9.17) is 4.74 Å². The Morgan fingerprint density at radius 2 is 2.07 bits per heavy atom. The van der Waals surface area contributed by atoms with E-state index in [1.54, 1.807) is 23.7 Å². The number of carbonyl (C=O) groups excluding carboxylic acids is 2. The Morgan fingerprint density at radius 3 is 2.67 bits per heavy atom. The molecule has 1 heterocycles. The first-order chi connectivity index (χ1) is 14.5. The topological polar surface area (TPSA) is 80.3 Å². The predicted octanol–water partition coefficient (Wildman–Crippen LogP) is 3.88. The summed E-state index contributed by atoms with van der Waals surface area (Å²) in [5.41, 5.74) is 1.66. The van der Waals surface area contributed by atoms with Crippen molar-refractivity contribution in [3.63, 3.8) is 0 Å². The fraction of sp³-hybridized carbons (Fsp3) is 0.318. The van der Waals surface area contributed by atoms with Gasteiger partial charge in [0.25, 0.3) is 0 Å². The monoisotopic (exact) mass is 431 g/mol. The third kappa shape index (κ3) is 7.79. The maximum Gasteiger partial charge on any atom is 0.250 e. The largest absolute Gasteiger partial charge is 0.489 e. The number of nitrogens with zero attached hydrogens (tertiary/aromatic N) is 1. The van der Waals surface area contributed by atoms with E-state index >= 15 is 0 Å². The van der Waals surface area contributed by atoms with Crippen LogP contribution in [0.1, 0.15) is 36.9 Å². The van der Waals surface area contributed by atoms with Crippen molar-refractivity contribution >= 4 is 23.2 Å². The Kier molecular flexibility index (Phi) is 9.73. The first-order valence-corrected chi connectivity index (χ1v) is 10.5. The fourth-order valence-corrected chi connectivity index (χ4v) is 3.21. The third-order valence-electron chi connectivity index (χ3n) is 4.01. The number of alkyl halides is 1. The summed E-state index contributed by atoms with van der Waals surface area (Å²) in [4.78, 5) is 28.0. The van der Waals surface area contributed by atoms with Crippen LogP contribution in [0.4, 0.5) is 4.39 Å². The molecule has 0 fully saturated rings. The zero-order valence-corrected chi connectivity index (χ0v) is 17.9. The Labute approximate surface area is 179 Å². The van der Waals surface area contributed by atoms with Gasteiger partial charge in [-0.15, -0.1) is 11.3 Å². The second kappa shape index (κ2) is 12.5. The van der Waals surface area contributed by atoms with Crippen LogP contribution >= 0.6 is 11.3 Å². The third-order valence-corrected chi connectivity index (χ3v) is 4.85. The molecule has 2 amide bonds. The number of nitrogens with one attached hydrogen (secondary N) is 2. The second-order valence-corrected chi connectivity index (χ2v) is 7.32. The van der Waals surface area contributed by atoms with Gasteiger partial charge < -0.3 is 15.4 Å². The van der Waals surface area contributed by atoms with Gasteiger partial charge in [0, 0.05) is 25.0 Å². The van der Waals surface area contributed by atoms with Crippen LogP contribution in [-0.2, 0) is 16.1 Å². The summed E-state index contributed by atoms with van der Waals surface area (Å²) in [5.74, 6) is 0.0182. The van der Waals surface area contributed by atoms with Gasteiger partial charge in [0.05, 0.1) is 0 Å². The van der Waals surface area contributed by atoms with E-state index in [2.05, 4.69) is 15.6 Å². The number of carbonyl (C=O) groups is 2. The molecule has 0 spiro atoms. The van der Waals surface area contributed by atoms with Gasteiger partial charge in [-0.05, 0) is 35.8 Å². The SMILES string of the molecule is CC/C=C\C(=C/CF)COc1ccc(CNC(=O)C(NC(C)=O)c2nccs2)cc1. The number of hydrogen-bond donors (Lipinski definition) is 2. The van der Waals surface area contributed by atoms with Crippen LogP contribution in [0.3, 0.4) is 0 Å². The number of ether oxygens (including phenoxy) is 1. The minimum absolute atomic E-state index is 0.280. The van der Waals surface area contributed by atoms with E-state index in [0.717, 1.165) is 17.6 Å². The molecule has 2 N–H and O–H groups in total. The highest BCUT2D eigenvalue weighted by Gasteiger charge is 2.23. The van der Waals surface area contributed by atoms with E-state index in [-0.39, 0.29) is 18.4 Å². The molecule has 1 aromatic heterocycles. The second-order valence-electron chi connectivity index (χ2n) is 6.40. The molecule has 0 aliphatic rings. The number of allylic oxidation sites excluding steroid dienone is 2. The summed E-state index contributed by atoms with van der Waals surface area (Å²) in [6.07, 6.45) is 7.76. The quantitative estimate of drug-likeness (QED) is 0.529. The molecule has 0 aliphatic carbocycles. The van der Waals surface area contributed by atoms with Crippen molar-refractivity contribution in [1.82, 2.24) is 15.6 Å². The minimum atomic E-state index is -0.818. The maximum absolute atomic E-state index is 12.6. The van der Waals surface area contributed by atoms with Crippen LogP contribution in [0.15, 0.2) is 59.6 Å². The van der Waals surface area contributed by atoms with Crippen molar-refractivity contribution in [3.05, 3.63) is 70.2 Å². The predicted molar refractivity (Wildman–Crippen MR) is 116 cm³/mol. The molecule has 0 radical (unpaired) electrons. The number of hydrogen-bond acceptors (Lipinski definition) is 5. The Balaban J connectivity index is 1.90. The zero-order chi connectivity index (χ0) is 21.8. The van der Waals surface area contributed by atoms with Gasteiger partial charge in [-0.25, -0.2) is 9.37 Å². The average molecular weight is 432 g/mol. The molecule has 8 heteroatoms. The first kappa shape index (κ1) is 23.3. The van der Waals surface area contributed by atoms with Crippen LogP contribution in [0.2, 0.25) is 0 Å². The summed E-state index contributed by atoms with van der Waals surface area (Å²) >= 11 is 1.30. The van der Waals surface area contributed by atoms with E-state index in [9.17, 15) is 14.0 Å². The van der Waals surface area contributed by atoms with Crippen molar-refractivity contribution in [1.29, 1.82) is 0 Å². The number of amides is 2. The van der Waals surface area contributed by atoms with Gasteiger partial charge >= 0.3 is 0 Å². The molecule has 6 nitrogen and oxygen atoms in total. The van der Waals surface area contributed by atoms with Crippen LogP contribution in [0.25, 0.3) is 0 Å². The summed E-state index contributed by atoms with van der Waals surface area (Å²) in [6.45, 7) is 3.41. The molecule has 2 rings (SSSR count). The molecule has 1 atom stereocenters. The summed E-state index contributed by atoms with van der Waals surface area (Å²) in [7, 11) is 0. The van der Waals surface area contributed by atoms with Crippen LogP contribution < -0.4 is 15.4 Å². The molecule has 0 saturated carbocycles. The fourth-order valence-electron chi connectivity index (χ4n) is 2.52.